The molecular formula is C23H20ClN3O3S. The van der Waals surface area contributed by atoms with Gasteiger partial charge in [-0.15, -0.1) is 0 Å². The van der Waals surface area contributed by atoms with Gasteiger partial charge in [0.15, 0.2) is 5.13 Å². The Kier molecular flexibility index (Phi) is 6.06. The van der Waals surface area contributed by atoms with Gasteiger partial charge in [-0.25, -0.2) is 4.98 Å². The molecule has 0 saturated heterocycles. The average molecular weight is 454 g/mol. The summed E-state index contributed by atoms with van der Waals surface area (Å²) < 4.78 is 11.5. The zero-order valence-corrected chi connectivity index (χ0v) is 18.8. The molecule has 1 amide bonds. The van der Waals surface area contributed by atoms with E-state index >= 15 is 0 Å². The fourth-order valence-electron chi connectivity index (χ4n) is 3.17. The number of rotatable bonds is 6. The van der Waals surface area contributed by atoms with Crippen LogP contribution in [0.3, 0.4) is 0 Å². The van der Waals surface area contributed by atoms with Crippen molar-refractivity contribution in [1.29, 1.82) is 0 Å². The number of nitrogens with zero attached hydrogens (tertiary/aromatic N) is 3. The molecule has 0 atom stereocenters. The smallest absolute Gasteiger partial charge is 0.260 e. The zero-order chi connectivity index (χ0) is 22.0. The predicted octanol–water partition coefficient (Wildman–Crippen LogP) is 5.52. The number of pyridine rings is 1. The summed E-state index contributed by atoms with van der Waals surface area (Å²) in [5, 5.41) is 1.15. The van der Waals surface area contributed by atoms with E-state index in [1.807, 2.05) is 37.3 Å². The highest BCUT2D eigenvalue weighted by Gasteiger charge is 2.24. The Morgan fingerprint density at radius 2 is 1.84 bits per heavy atom. The third-order valence-electron chi connectivity index (χ3n) is 4.81. The number of anilines is 1. The van der Waals surface area contributed by atoms with E-state index in [-0.39, 0.29) is 12.5 Å². The summed E-state index contributed by atoms with van der Waals surface area (Å²) >= 11 is 7.78. The first kappa shape index (κ1) is 21.1. The molecule has 0 bridgehead atoms. The molecule has 0 unspecified atom stereocenters. The summed E-state index contributed by atoms with van der Waals surface area (Å²) in [7, 11) is 3.10. The number of thiazole rings is 1. The first-order chi connectivity index (χ1) is 15.0. The quantitative estimate of drug-likeness (QED) is 0.384. The van der Waals surface area contributed by atoms with E-state index in [2.05, 4.69) is 4.98 Å². The first-order valence-electron chi connectivity index (χ1n) is 9.50. The normalized spacial score (nSPS) is 10.8. The summed E-state index contributed by atoms with van der Waals surface area (Å²) in [6.45, 7) is 2.23. The van der Waals surface area contributed by atoms with Crippen LogP contribution in [0.1, 0.15) is 21.6 Å². The van der Waals surface area contributed by atoms with Gasteiger partial charge in [0.1, 0.15) is 11.5 Å². The largest absolute Gasteiger partial charge is 0.497 e. The highest BCUT2D eigenvalue weighted by Crippen LogP contribution is 2.37. The number of ether oxygens (including phenoxy) is 2. The Morgan fingerprint density at radius 3 is 2.45 bits per heavy atom. The summed E-state index contributed by atoms with van der Waals surface area (Å²) in [5.74, 6) is 0.822. The molecule has 0 aliphatic rings. The third kappa shape index (κ3) is 4.33. The molecule has 31 heavy (non-hydrogen) atoms. The van der Waals surface area contributed by atoms with Crippen molar-refractivity contribution in [2.45, 2.75) is 13.5 Å². The van der Waals surface area contributed by atoms with Gasteiger partial charge in [0, 0.05) is 17.8 Å². The number of aromatic nitrogens is 2. The van der Waals surface area contributed by atoms with Crippen molar-refractivity contribution >= 4 is 44.2 Å². The van der Waals surface area contributed by atoms with E-state index in [0.717, 1.165) is 21.5 Å². The van der Waals surface area contributed by atoms with Crippen LogP contribution in [0.25, 0.3) is 10.2 Å². The number of hydrogen-bond acceptors (Lipinski definition) is 6. The van der Waals surface area contributed by atoms with Crippen LogP contribution < -0.4 is 14.4 Å². The van der Waals surface area contributed by atoms with Gasteiger partial charge < -0.3 is 9.47 Å². The molecule has 4 aromatic rings. The van der Waals surface area contributed by atoms with Crippen molar-refractivity contribution in [3.8, 4) is 11.5 Å². The Balaban J connectivity index is 1.83. The molecule has 0 radical (unpaired) electrons. The minimum Gasteiger partial charge on any atom is -0.497 e. The van der Waals surface area contributed by atoms with Gasteiger partial charge in [-0.3, -0.25) is 14.7 Å². The molecule has 8 heteroatoms. The molecule has 0 fully saturated rings. The zero-order valence-electron chi connectivity index (χ0n) is 17.3. The fraction of sp³-hybridized carbons (Fsp3) is 0.174. The lowest BCUT2D eigenvalue weighted by Crippen LogP contribution is -2.30. The monoisotopic (exact) mass is 453 g/mol. The van der Waals surface area contributed by atoms with E-state index in [1.54, 1.807) is 43.5 Å². The number of methoxy groups -OCH3 is 2. The summed E-state index contributed by atoms with van der Waals surface area (Å²) in [5.41, 5.74) is 2.95. The maximum atomic E-state index is 13.7. The molecule has 6 nitrogen and oxygen atoms in total. The molecular weight excluding hydrogens is 434 g/mol. The van der Waals surface area contributed by atoms with Gasteiger partial charge in [-0.2, -0.15) is 0 Å². The fourth-order valence-corrected chi connectivity index (χ4v) is 4.49. The van der Waals surface area contributed by atoms with Crippen LogP contribution in [0.2, 0.25) is 5.02 Å². The van der Waals surface area contributed by atoms with Crippen LogP contribution in [-0.4, -0.2) is 30.1 Å². The van der Waals surface area contributed by atoms with Crippen molar-refractivity contribution in [3.63, 3.8) is 0 Å². The van der Waals surface area contributed by atoms with Crippen molar-refractivity contribution < 1.29 is 14.3 Å². The summed E-state index contributed by atoms with van der Waals surface area (Å²) in [4.78, 5) is 24.4. The molecule has 0 N–H and O–H groups in total. The van der Waals surface area contributed by atoms with Gasteiger partial charge in [0.05, 0.1) is 41.7 Å². The Bertz CT molecular complexity index is 1180. The highest BCUT2D eigenvalue weighted by molar-refractivity contribution is 7.23. The van der Waals surface area contributed by atoms with E-state index in [4.69, 9.17) is 26.1 Å². The van der Waals surface area contributed by atoms with Crippen LogP contribution in [0.15, 0.2) is 54.7 Å². The molecule has 2 aromatic carbocycles. The molecule has 4 rings (SSSR count). The van der Waals surface area contributed by atoms with Crippen LogP contribution >= 0.6 is 22.9 Å². The van der Waals surface area contributed by atoms with E-state index in [0.29, 0.717) is 27.2 Å². The topological polar surface area (TPSA) is 64.6 Å². The highest BCUT2D eigenvalue weighted by atomic mass is 35.5. The number of benzene rings is 2. The molecule has 158 valence electrons. The van der Waals surface area contributed by atoms with Gasteiger partial charge in [0.2, 0.25) is 0 Å². The molecule has 0 aliphatic heterocycles. The first-order valence-corrected chi connectivity index (χ1v) is 10.7. The van der Waals surface area contributed by atoms with Crippen molar-refractivity contribution in [2.75, 3.05) is 19.1 Å². The number of carbonyl (C=O) groups is 1. The molecule has 2 heterocycles. The lowest BCUT2D eigenvalue weighted by Gasteiger charge is -2.20. The average Bonchev–Trinajstić information content (AvgIpc) is 3.26. The molecule has 0 spiro atoms. The molecule has 0 saturated carbocycles. The van der Waals surface area contributed by atoms with E-state index < -0.39 is 0 Å². The number of aryl methyl sites for hydroxylation is 1. The second kappa shape index (κ2) is 8.91. The Labute approximate surface area is 189 Å². The maximum Gasteiger partial charge on any atom is 0.260 e. The second-order valence-electron chi connectivity index (χ2n) is 6.85. The van der Waals surface area contributed by atoms with E-state index in [1.165, 1.54) is 11.3 Å². The maximum absolute atomic E-state index is 13.7. The SMILES string of the molecule is COc1cc(OC)cc(C(=O)N(Cc2ccccn2)c2nc3c(C)ccc(Cl)c3s2)c1. The number of fused-ring (bicyclic) bond motifs is 1. The standard InChI is InChI=1S/C23H20ClN3O3S/c1-14-7-8-19(24)21-20(14)26-23(31-21)27(13-16-6-4-5-9-25-16)22(28)15-10-17(29-2)12-18(11-15)30-3/h4-12H,13H2,1-3H3. The van der Waals surface area contributed by atoms with Crippen LogP contribution in [-0.2, 0) is 6.54 Å². The van der Waals surface area contributed by atoms with Gasteiger partial charge in [-0.05, 0) is 42.8 Å². The van der Waals surface area contributed by atoms with Gasteiger partial charge in [0.25, 0.3) is 5.91 Å². The van der Waals surface area contributed by atoms with Gasteiger partial charge >= 0.3 is 0 Å². The Hall–Kier alpha value is -3.16. The van der Waals surface area contributed by atoms with Crippen molar-refractivity contribution in [2.24, 2.45) is 0 Å². The van der Waals surface area contributed by atoms with Gasteiger partial charge in [-0.1, -0.05) is 35.1 Å². The lowest BCUT2D eigenvalue weighted by molar-refractivity contribution is 0.0984. The minimum absolute atomic E-state index is 0.240. The summed E-state index contributed by atoms with van der Waals surface area (Å²) in [6.07, 6.45) is 1.70. The minimum atomic E-state index is -0.240. The van der Waals surface area contributed by atoms with Crippen molar-refractivity contribution in [3.05, 3.63) is 76.6 Å². The Morgan fingerprint density at radius 1 is 1.10 bits per heavy atom. The number of hydrogen-bond donors (Lipinski definition) is 0. The van der Waals surface area contributed by atoms with Crippen molar-refractivity contribution in [1.82, 2.24) is 9.97 Å². The van der Waals surface area contributed by atoms with Crippen LogP contribution in [0.4, 0.5) is 5.13 Å². The molecule has 2 aromatic heterocycles. The number of amides is 1. The summed E-state index contributed by atoms with van der Waals surface area (Å²) in [6, 6.07) is 14.5. The number of carbonyl (C=O) groups excluding carboxylic acids is 1. The lowest BCUT2D eigenvalue weighted by atomic mass is 10.1. The van der Waals surface area contributed by atoms with Crippen LogP contribution in [0.5, 0.6) is 11.5 Å². The van der Waals surface area contributed by atoms with Crippen LogP contribution in [0, 0.1) is 6.92 Å². The second-order valence-corrected chi connectivity index (χ2v) is 8.24. The third-order valence-corrected chi connectivity index (χ3v) is 6.35. The van der Waals surface area contributed by atoms with E-state index in [9.17, 15) is 4.79 Å². The molecule has 0 aliphatic carbocycles. The predicted molar refractivity (Wildman–Crippen MR) is 124 cm³/mol. The number of halogens is 1.